The van der Waals surface area contributed by atoms with E-state index in [4.69, 9.17) is 23.7 Å². The number of piperidine rings is 1. The third-order valence-electron chi connectivity index (χ3n) is 11.0. The van der Waals surface area contributed by atoms with Gasteiger partial charge < -0.3 is 28.6 Å². The molecule has 1 aromatic heterocycles. The molecule has 0 N–H and O–H groups in total. The second-order valence-electron chi connectivity index (χ2n) is 14.7. The molecule has 7 rings (SSSR count). The first kappa shape index (κ1) is 40.6. The van der Waals surface area contributed by atoms with Crippen molar-refractivity contribution >= 4 is 29.1 Å². The number of aromatic nitrogens is 3. The number of carbonyl (C=O) groups is 3. The van der Waals surface area contributed by atoms with E-state index in [1.165, 1.54) is 12.7 Å². The summed E-state index contributed by atoms with van der Waals surface area (Å²) in [6.45, 7) is 6.86. The van der Waals surface area contributed by atoms with Crippen LogP contribution in [0.2, 0.25) is 0 Å². The summed E-state index contributed by atoms with van der Waals surface area (Å²) in [6, 6.07) is 28.8. The normalized spacial score (nSPS) is 15.2. The number of methoxy groups -OCH3 is 1. The lowest BCUT2D eigenvalue weighted by Crippen LogP contribution is -2.41. The van der Waals surface area contributed by atoms with E-state index in [9.17, 15) is 14.4 Å². The molecule has 1 amide bonds. The monoisotopic (exact) mass is 789 g/mol. The van der Waals surface area contributed by atoms with Crippen LogP contribution in [-0.2, 0) is 61.2 Å². The number of fused-ring (bicyclic) bond motifs is 2. The van der Waals surface area contributed by atoms with Crippen LogP contribution in [0.5, 0.6) is 0 Å². The molecule has 0 radical (unpaired) electrons. The molecule has 5 aromatic rings. The Bertz CT molecular complexity index is 2150. The molecule has 1 fully saturated rings. The van der Waals surface area contributed by atoms with Gasteiger partial charge in [-0.1, -0.05) is 78.0 Å². The zero-order valence-corrected chi connectivity index (χ0v) is 33.2. The van der Waals surface area contributed by atoms with Gasteiger partial charge in [-0.2, -0.15) is 0 Å². The van der Waals surface area contributed by atoms with Crippen molar-refractivity contribution in [3.63, 3.8) is 0 Å². The molecule has 3 heterocycles. The number of esters is 2. The van der Waals surface area contributed by atoms with Crippen LogP contribution in [0, 0.1) is 6.92 Å². The molecule has 1 atom stereocenters. The van der Waals surface area contributed by atoms with Crippen LogP contribution >= 0.6 is 0 Å². The number of nitrogens with zero attached hydrogens (tertiary/aromatic N) is 5. The number of aryl methyl sites for hydroxylation is 1. The predicted molar refractivity (Wildman–Crippen MR) is 216 cm³/mol. The zero-order valence-electron chi connectivity index (χ0n) is 33.2. The Kier molecular flexibility index (Phi) is 13.8. The van der Waals surface area contributed by atoms with E-state index in [0.717, 1.165) is 64.7 Å². The number of benzene rings is 4. The van der Waals surface area contributed by atoms with Crippen LogP contribution in [0.25, 0.3) is 11.0 Å². The number of hydrogen-bond acceptors (Lipinski definition) is 11. The summed E-state index contributed by atoms with van der Waals surface area (Å²) in [4.78, 5) is 42.3. The van der Waals surface area contributed by atoms with Gasteiger partial charge in [-0.15, -0.1) is 5.10 Å². The van der Waals surface area contributed by atoms with Crippen molar-refractivity contribution in [2.75, 3.05) is 46.6 Å². The molecule has 13 heteroatoms. The largest absolute Gasteiger partial charge is 0.469 e. The maximum absolute atomic E-state index is 13.0. The molecule has 0 bridgehead atoms. The van der Waals surface area contributed by atoms with E-state index < -0.39 is 0 Å². The molecule has 1 saturated heterocycles. The lowest BCUT2D eigenvalue weighted by molar-refractivity contribution is -0.142. The van der Waals surface area contributed by atoms with Crippen molar-refractivity contribution < 1.29 is 38.1 Å². The average Bonchev–Trinajstić information content (AvgIpc) is 3.69. The number of hydrogen-bond donors (Lipinski definition) is 0. The first-order valence-electron chi connectivity index (χ1n) is 20.0. The van der Waals surface area contributed by atoms with Crippen LogP contribution in [0.15, 0.2) is 91.0 Å². The van der Waals surface area contributed by atoms with Gasteiger partial charge in [-0.3, -0.25) is 9.69 Å². The topological polar surface area (TPSA) is 135 Å². The SMILES string of the molecule is COC(=O)CC(c1ccc2c(nnn2CCOCCOC2CCN(C(=O)OCc3ccccc3)CC2)c1C)N1CCc2ccc(C(=O)OCc3ccccc3)cc2C1. The zero-order chi connectivity index (χ0) is 40.3. The Morgan fingerprint density at radius 2 is 1.53 bits per heavy atom. The van der Waals surface area contributed by atoms with E-state index in [1.54, 1.807) is 4.90 Å². The van der Waals surface area contributed by atoms with E-state index >= 15 is 0 Å². The Labute approximate surface area is 338 Å². The summed E-state index contributed by atoms with van der Waals surface area (Å²) < 4.78 is 30.0. The van der Waals surface area contributed by atoms with Crippen molar-refractivity contribution in [1.29, 1.82) is 0 Å². The second kappa shape index (κ2) is 19.7. The van der Waals surface area contributed by atoms with Gasteiger partial charge in [-0.05, 0) is 77.8 Å². The summed E-state index contributed by atoms with van der Waals surface area (Å²) in [5.74, 6) is -0.672. The Balaban J connectivity index is 0.898. The molecule has 304 valence electrons. The van der Waals surface area contributed by atoms with E-state index in [2.05, 4.69) is 21.3 Å². The minimum Gasteiger partial charge on any atom is -0.469 e. The number of amides is 1. The summed E-state index contributed by atoms with van der Waals surface area (Å²) in [6.07, 6.45) is 2.24. The summed E-state index contributed by atoms with van der Waals surface area (Å²) >= 11 is 0. The molecule has 58 heavy (non-hydrogen) atoms. The van der Waals surface area contributed by atoms with E-state index in [-0.39, 0.29) is 49.8 Å². The van der Waals surface area contributed by atoms with Gasteiger partial charge in [0.2, 0.25) is 0 Å². The molecule has 13 nitrogen and oxygen atoms in total. The van der Waals surface area contributed by atoms with Crippen LogP contribution in [0.1, 0.15) is 69.0 Å². The highest BCUT2D eigenvalue weighted by Crippen LogP contribution is 2.35. The summed E-state index contributed by atoms with van der Waals surface area (Å²) in [5.41, 5.74) is 8.20. The van der Waals surface area contributed by atoms with Gasteiger partial charge in [0.05, 0.1) is 57.1 Å². The number of rotatable bonds is 16. The minimum absolute atomic E-state index is 0.0762. The molecule has 0 aliphatic carbocycles. The predicted octanol–water partition coefficient (Wildman–Crippen LogP) is 6.59. The Morgan fingerprint density at radius 3 is 2.26 bits per heavy atom. The summed E-state index contributed by atoms with van der Waals surface area (Å²) in [5, 5.41) is 8.99. The number of carbonyl (C=O) groups excluding carboxylic acids is 3. The second-order valence-corrected chi connectivity index (χ2v) is 14.7. The maximum atomic E-state index is 13.0. The van der Waals surface area contributed by atoms with E-state index in [1.807, 2.05) is 96.5 Å². The lowest BCUT2D eigenvalue weighted by atomic mass is 9.91. The molecule has 4 aromatic carbocycles. The fraction of sp³-hybridized carbons (Fsp3) is 0.400. The van der Waals surface area contributed by atoms with Crippen molar-refractivity contribution in [3.05, 3.63) is 130 Å². The molecule has 0 saturated carbocycles. The summed E-state index contributed by atoms with van der Waals surface area (Å²) in [7, 11) is 1.41. The van der Waals surface area contributed by atoms with Crippen LogP contribution in [0.4, 0.5) is 4.79 Å². The van der Waals surface area contributed by atoms with Crippen molar-refractivity contribution in [2.24, 2.45) is 0 Å². The molecule has 2 aliphatic rings. The van der Waals surface area contributed by atoms with Crippen LogP contribution in [-0.4, -0.2) is 95.5 Å². The smallest absolute Gasteiger partial charge is 0.410 e. The highest BCUT2D eigenvalue weighted by atomic mass is 16.6. The quantitative estimate of drug-likeness (QED) is 0.0609. The first-order chi connectivity index (χ1) is 28.4. The van der Waals surface area contributed by atoms with Crippen LogP contribution in [0.3, 0.4) is 0 Å². The van der Waals surface area contributed by atoms with Crippen molar-refractivity contribution in [1.82, 2.24) is 24.8 Å². The highest BCUT2D eigenvalue weighted by Gasteiger charge is 2.30. The fourth-order valence-corrected chi connectivity index (χ4v) is 7.71. The lowest BCUT2D eigenvalue weighted by Gasteiger charge is -2.36. The van der Waals surface area contributed by atoms with Crippen molar-refractivity contribution in [3.8, 4) is 0 Å². The van der Waals surface area contributed by atoms with E-state index in [0.29, 0.717) is 51.6 Å². The highest BCUT2D eigenvalue weighted by molar-refractivity contribution is 5.89. The van der Waals surface area contributed by atoms with Gasteiger partial charge in [-0.25, -0.2) is 14.3 Å². The maximum Gasteiger partial charge on any atom is 0.410 e. The van der Waals surface area contributed by atoms with Crippen LogP contribution < -0.4 is 0 Å². The first-order valence-corrected chi connectivity index (χ1v) is 20.0. The van der Waals surface area contributed by atoms with Gasteiger partial charge >= 0.3 is 18.0 Å². The molecule has 2 aliphatic heterocycles. The van der Waals surface area contributed by atoms with Gasteiger partial charge in [0.25, 0.3) is 0 Å². The van der Waals surface area contributed by atoms with Crippen molar-refractivity contribution in [2.45, 2.75) is 71.1 Å². The van der Waals surface area contributed by atoms with Gasteiger partial charge in [0.1, 0.15) is 18.7 Å². The molecular formula is C45H51N5O8. The minimum atomic E-state index is -0.370. The fourth-order valence-electron chi connectivity index (χ4n) is 7.71. The molecule has 0 spiro atoms. The number of likely N-dealkylation sites (tertiary alicyclic amines) is 1. The Hall–Kier alpha value is -5.63. The average molecular weight is 790 g/mol. The third kappa shape index (κ3) is 10.3. The molecular weight excluding hydrogens is 739 g/mol. The van der Waals surface area contributed by atoms with Gasteiger partial charge in [0.15, 0.2) is 0 Å². The number of ether oxygens (including phenoxy) is 5. The van der Waals surface area contributed by atoms with Gasteiger partial charge in [0, 0.05) is 32.2 Å². The molecule has 1 unspecified atom stereocenters. The third-order valence-corrected chi connectivity index (χ3v) is 11.0. The Morgan fingerprint density at radius 1 is 0.810 bits per heavy atom. The standard InChI is InChI=1S/C45H51N5O8/c1-32-39(41(28-42(51)54-2)49-20-17-35-13-14-36(27-37(35)29-49)44(52)57-30-33-9-5-3-6-10-33)15-16-40-43(32)46-47-50(40)23-24-55-25-26-56-38-18-21-48(22-19-38)45(53)58-31-34-11-7-4-8-12-34/h3-16,27,38,41H,17-26,28-31H2,1-2H3.